The Morgan fingerprint density at radius 2 is 1.89 bits per heavy atom. The average Bonchev–Trinajstić information content (AvgIpc) is 2.30. The summed E-state index contributed by atoms with van der Waals surface area (Å²) in [7, 11) is 1.42. The molecule has 0 saturated carbocycles. The van der Waals surface area contributed by atoms with Crippen molar-refractivity contribution in [3.8, 4) is 0 Å². The minimum Gasteiger partial charge on any atom is -0.467 e. The molecule has 0 radical (unpaired) electrons. The molecule has 0 aliphatic heterocycles. The third-order valence-electron chi connectivity index (χ3n) is 3.26. The molecule has 1 rings (SSSR count). The summed E-state index contributed by atoms with van der Waals surface area (Å²) in [6.45, 7) is 10.0. The summed E-state index contributed by atoms with van der Waals surface area (Å²) >= 11 is 0. The second kappa shape index (κ2) is 5.53. The Labute approximate surface area is 110 Å². The molecule has 1 aromatic rings. The predicted octanol–water partition coefficient (Wildman–Crippen LogP) is 2.69. The van der Waals surface area contributed by atoms with E-state index in [-0.39, 0.29) is 12.0 Å². The molecule has 1 unspecified atom stereocenters. The highest BCUT2D eigenvalue weighted by Gasteiger charge is 2.36. The summed E-state index contributed by atoms with van der Waals surface area (Å²) in [5.41, 5.74) is 2.52. The molecule has 0 fully saturated rings. The molecule has 0 aliphatic rings. The summed E-state index contributed by atoms with van der Waals surface area (Å²) < 4.78 is 4.94. The Morgan fingerprint density at radius 1 is 1.28 bits per heavy atom. The first-order chi connectivity index (χ1) is 8.31. The lowest BCUT2D eigenvalue weighted by molar-refractivity contribution is -0.148. The van der Waals surface area contributed by atoms with Crippen molar-refractivity contribution in [3.05, 3.63) is 34.9 Å². The highest BCUT2D eigenvalue weighted by molar-refractivity contribution is 5.82. The Hall–Kier alpha value is -1.35. The third kappa shape index (κ3) is 2.91. The van der Waals surface area contributed by atoms with Gasteiger partial charge in [0.1, 0.15) is 5.54 Å². The van der Waals surface area contributed by atoms with Crippen LogP contribution in [0.2, 0.25) is 0 Å². The van der Waals surface area contributed by atoms with E-state index in [9.17, 15) is 4.79 Å². The van der Waals surface area contributed by atoms with Gasteiger partial charge in [0.15, 0.2) is 0 Å². The first-order valence-electron chi connectivity index (χ1n) is 6.25. The van der Waals surface area contributed by atoms with Gasteiger partial charge in [-0.25, -0.2) is 4.79 Å². The van der Waals surface area contributed by atoms with Crippen molar-refractivity contribution in [1.82, 2.24) is 5.32 Å². The Kier molecular flexibility index (Phi) is 4.52. The maximum absolute atomic E-state index is 12.1. The van der Waals surface area contributed by atoms with E-state index in [0.29, 0.717) is 0 Å². The van der Waals surface area contributed by atoms with Crippen molar-refractivity contribution in [2.45, 2.75) is 46.2 Å². The fourth-order valence-electron chi connectivity index (χ4n) is 2.09. The highest BCUT2D eigenvalue weighted by Crippen LogP contribution is 2.25. The summed E-state index contributed by atoms with van der Waals surface area (Å²) in [6.07, 6.45) is 0. The largest absolute Gasteiger partial charge is 0.467 e. The van der Waals surface area contributed by atoms with E-state index in [1.165, 1.54) is 18.2 Å². The quantitative estimate of drug-likeness (QED) is 0.834. The summed E-state index contributed by atoms with van der Waals surface area (Å²) in [5, 5.41) is 3.30. The van der Waals surface area contributed by atoms with Crippen molar-refractivity contribution < 1.29 is 9.53 Å². The molecule has 0 aliphatic carbocycles. The molecule has 3 nitrogen and oxygen atoms in total. The number of hydrogen-bond donors (Lipinski definition) is 1. The maximum atomic E-state index is 12.1. The smallest absolute Gasteiger partial charge is 0.330 e. The van der Waals surface area contributed by atoms with E-state index in [1.807, 2.05) is 45.9 Å². The van der Waals surface area contributed by atoms with Crippen molar-refractivity contribution in [3.63, 3.8) is 0 Å². The van der Waals surface area contributed by atoms with Gasteiger partial charge in [-0.15, -0.1) is 0 Å². The molecular formula is C15H23NO2. The molecular weight excluding hydrogens is 226 g/mol. The summed E-state index contributed by atoms with van der Waals surface area (Å²) in [4.78, 5) is 12.1. The number of ether oxygens (including phenoxy) is 1. The molecule has 0 bridgehead atoms. The summed E-state index contributed by atoms with van der Waals surface area (Å²) in [6, 6.07) is 6.25. The highest BCUT2D eigenvalue weighted by atomic mass is 16.5. The van der Waals surface area contributed by atoms with Crippen LogP contribution in [0, 0.1) is 13.8 Å². The van der Waals surface area contributed by atoms with Gasteiger partial charge < -0.3 is 4.74 Å². The van der Waals surface area contributed by atoms with E-state index in [1.54, 1.807) is 0 Å². The van der Waals surface area contributed by atoms with Gasteiger partial charge in [-0.2, -0.15) is 0 Å². The van der Waals surface area contributed by atoms with Crippen LogP contribution in [-0.4, -0.2) is 19.1 Å². The second-order valence-corrected chi connectivity index (χ2v) is 5.21. The molecule has 1 aromatic carbocycles. The van der Waals surface area contributed by atoms with E-state index in [4.69, 9.17) is 4.74 Å². The van der Waals surface area contributed by atoms with Crippen molar-refractivity contribution in [2.75, 3.05) is 7.11 Å². The van der Waals surface area contributed by atoms with Crippen LogP contribution in [0.4, 0.5) is 0 Å². The van der Waals surface area contributed by atoms with Crippen LogP contribution in [0.25, 0.3) is 0 Å². The lowest BCUT2D eigenvalue weighted by Gasteiger charge is -2.31. The molecule has 1 N–H and O–H groups in total. The van der Waals surface area contributed by atoms with Crippen LogP contribution in [0.3, 0.4) is 0 Å². The summed E-state index contributed by atoms with van der Waals surface area (Å²) in [5.74, 6) is -0.264. The van der Waals surface area contributed by atoms with Gasteiger partial charge in [-0.05, 0) is 51.3 Å². The van der Waals surface area contributed by atoms with E-state index in [2.05, 4.69) is 12.2 Å². The molecule has 0 spiro atoms. The van der Waals surface area contributed by atoms with E-state index < -0.39 is 5.54 Å². The van der Waals surface area contributed by atoms with Gasteiger partial charge in [0, 0.05) is 6.04 Å². The zero-order chi connectivity index (χ0) is 13.9. The molecule has 0 amide bonds. The van der Waals surface area contributed by atoms with Crippen molar-refractivity contribution in [1.29, 1.82) is 0 Å². The van der Waals surface area contributed by atoms with E-state index >= 15 is 0 Å². The van der Waals surface area contributed by atoms with Crippen LogP contribution in [0.15, 0.2) is 18.2 Å². The standard InChI is InChI=1S/C15H23NO2/c1-10(2)16-15(5,14(17)18-6)13-8-7-11(3)12(4)9-13/h7-10,16H,1-6H3. The first-order valence-corrected chi connectivity index (χ1v) is 6.25. The fraction of sp³-hybridized carbons (Fsp3) is 0.533. The lowest BCUT2D eigenvalue weighted by atomic mass is 9.89. The monoisotopic (exact) mass is 249 g/mol. The number of benzene rings is 1. The lowest BCUT2D eigenvalue weighted by Crippen LogP contribution is -2.50. The molecule has 0 heterocycles. The fourth-order valence-corrected chi connectivity index (χ4v) is 2.09. The Balaban J connectivity index is 3.25. The number of carbonyl (C=O) groups is 1. The normalized spacial score (nSPS) is 14.4. The number of rotatable bonds is 4. The van der Waals surface area contributed by atoms with Gasteiger partial charge in [-0.1, -0.05) is 18.2 Å². The molecule has 3 heteroatoms. The molecule has 100 valence electrons. The second-order valence-electron chi connectivity index (χ2n) is 5.21. The Morgan fingerprint density at radius 3 is 2.33 bits per heavy atom. The minimum atomic E-state index is -0.804. The number of carbonyl (C=O) groups excluding carboxylic acids is 1. The average molecular weight is 249 g/mol. The number of esters is 1. The van der Waals surface area contributed by atoms with Crippen LogP contribution in [-0.2, 0) is 15.1 Å². The van der Waals surface area contributed by atoms with Crippen molar-refractivity contribution in [2.24, 2.45) is 0 Å². The van der Waals surface area contributed by atoms with E-state index in [0.717, 1.165) is 5.56 Å². The van der Waals surface area contributed by atoms with Gasteiger partial charge in [0.25, 0.3) is 0 Å². The molecule has 1 atom stereocenters. The molecule has 18 heavy (non-hydrogen) atoms. The number of methoxy groups -OCH3 is 1. The minimum absolute atomic E-state index is 0.190. The van der Waals surface area contributed by atoms with Crippen molar-refractivity contribution >= 4 is 5.97 Å². The van der Waals surface area contributed by atoms with Crippen LogP contribution in [0.5, 0.6) is 0 Å². The number of nitrogens with one attached hydrogen (secondary N) is 1. The number of aryl methyl sites for hydroxylation is 2. The van der Waals surface area contributed by atoms with Crippen LogP contribution < -0.4 is 5.32 Å². The van der Waals surface area contributed by atoms with Gasteiger partial charge in [0.2, 0.25) is 0 Å². The zero-order valence-corrected chi connectivity index (χ0v) is 12.1. The van der Waals surface area contributed by atoms with Crippen LogP contribution >= 0.6 is 0 Å². The van der Waals surface area contributed by atoms with Gasteiger partial charge >= 0.3 is 5.97 Å². The van der Waals surface area contributed by atoms with Gasteiger partial charge in [-0.3, -0.25) is 5.32 Å². The maximum Gasteiger partial charge on any atom is 0.330 e. The molecule has 0 saturated heterocycles. The van der Waals surface area contributed by atoms with Gasteiger partial charge in [0.05, 0.1) is 7.11 Å². The SMILES string of the molecule is COC(=O)C(C)(NC(C)C)c1ccc(C)c(C)c1. The molecule has 0 aromatic heterocycles. The zero-order valence-electron chi connectivity index (χ0n) is 12.1. The first kappa shape index (κ1) is 14.7. The topological polar surface area (TPSA) is 38.3 Å². The number of hydrogen-bond acceptors (Lipinski definition) is 3. The van der Waals surface area contributed by atoms with Crippen LogP contribution in [0.1, 0.15) is 37.5 Å². The Bertz CT molecular complexity index is 440. The third-order valence-corrected chi connectivity index (χ3v) is 3.26. The predicted molar refractivity (Wildman–Crippen MR) is 73.6 cm³/mol.